The molecule has 2 aliphatic heterocycles. The van der Waals surface area contributed by atoms with Crippen molar-refractivity contribution in [2.45, 2.75) is 6.42 Å². The van der Waals surface area contributed by atoms with Crippen LogP contribution in [0, 0.1) is 0 Å². The largest absolute Gasteiger partial charge is 0.493 e. The molecule has 0 bridgehead atoms. The lowest BCUT2D eigenvalue weighted by Crippen LogP contribution is -2.44. The van der Waals surface area contributed by atoms with Crippen LogP contribution in [0.15, 0.2) is 35.1 Å². The lowest BCUT2D eigenvalue weighted by molar-refractivity contribution is 0.145. The molecule has 1 fully saturated rings. The van der Waals surface area contributed by atoms with Crippen molar-refractivity contribution in [3.8, 4) is 23.0 Å². The average Bonchev–Trinajstić information content (AvgIpc) is 3.33. The van der Waals surface area contributed by atoms with Gasteiger partial charge in [0.05, 0.1) is 19.2 Å². The summed E-state index contributed by atoms with van der Waals surface area (Å²) in [4.78, 5) is 13.8. The number of nitrogens with one attached hydrogen (secondary N) is 1. The van der Waals surface area contributed by atoms with Crippen LogP contribution in [0.5, 0.6) is 23.0 Å². The molecule has 0 spiro atoms. The maximum Gasteiger partial charge on any atom is 0.231 e. The summed E-state index contributed by atoms with van der Waals surface area (Å²) in [5.74, 6) is 3.29. The van der Waals surface area contributed by atoms with Gasteiger partial charge in [-0.25, -0.2) is 9.97 Å². The number of hydrogen-bond donors (Lipinski definition) is 1. The highest BCUT2D eigenvalue weighted by Crippen LogP contribution is 2.45. The van der Waals surface area contributed by atoms with Crippen molar-refractivity contribution in [3.05, 3.63) is 35.1 Å². The number of piperazine rings is 1. The fourth-order valence-corrected chi connectivity index (χ4v) is 4.57. The van der Waals surface area contributed by atoms with E-state index < -0.39 is 0 Å². The normalized spacial score (nSPS) is 16.1. The monoisotopic (exact) mass is 529 g/mol. The van der Waals surface area contributed by atoms with Crippen LogP contribution in [0.25, 0.3) is 10.9 Å². The molecular weight excluding hydrogens is 502 g/mol. The number of likely N-dealkylation sites (N-methyl/N-ethyl adjacent to an activating group) is 1. The number of anilines is 2. The fourth-order valence-electron chi connectivity index (χ4n) is 4.16. The minimum Gasteiger partial charge on any atom is -0.493 e. The SMILES string of the molecule is COc1cc2c(Nc3c(Br)ccc4c3OCO4)ncnc2cc1OCCCN1CCN(C)CC1. The Bertz CT molecular complexity index is 1170. The molecule has 0 unspecified atom stereocenters. The first-order valence-electron chi connectivity index (χ1n) is 11.3. The van der Waals surface area contributed by atoms with E-state index in [9.17, 15) is 0 Å². The summed E-state index contributed by atoms with van der Waals surface area (Å²) in [6.45, 7) is 6.30. The molecule has 9 nitrogen and oxygen atoms in total. The van der Waals surface area contributed by atoms with Crippen LogP contribution in [0.3, 0.4) is 0 Å². The topological polar surface area (TPSA) is 81.2 Å². The zero-order valence-corrected chi connectivity index (χ0v) is 20.9. The standard InChI is InChI=1S/C24H28BrN5O4/c1-29-7-9-30(10-8-29)6-3-11-32-21-13-18-16(12-20(21)31-2)24(27-14-26-18)28-22-17(25)4-5-19-23(22)34-15-33-19/h4-5,12-14H,3,6-11,15H2,1-2H3,(H,26,27,28). The Balaban J connectivity index is 1.32. The molecule has 0 aliphatic carbocycles. The number of nitrogens with zero attached hydrogens (tertiary/aromatic N) is 4. The molecule has 3 aromatic rings. The number of methoxy groups -OCH3 is 1. The van der Waals surface area contributed by atoms with Gasteiger partial charge in [-0.2, -0.15) is 0 Å². The predicted octanol–water partition coefficient (Wildman–Crippen LogP) is 3.89. The summed E-state index contributed by atoms with van der Waals surface area (Å²) < 4.78 is 23.7. The zero-order valence-electron chi connectivity index (χ0n) is 19.3. The van der Waals surface area contributed by atoms with E-state index in [0.717, 1.165) is 60.2 Å². The molecule has 1 saturated heterocycles. The van der Waals surface area contributed by atoms with Crippen LogP contribution in [0.2, 0.25) is 0 Å². The Morgan fingerprint density at radius 2 is 1.94 bits per heavy atom. The predicted molar refractivity (Wildman–Crippen MR) is 134 cm³/mol. The van der Waals surface area contributed by atoms with Crippen LogP contribution in [0.4, 0.5) is 11.5 Å². The molecule has 1 N–H and O–H groups in total. The first kappa shape index (κ1) is 22.9. The number of halogens is 1. The molecule has 10 heteroatoms. The van der Waals surface area contributed by atoms with Crippen molar-refractivity contribution in [1.82, 2.24) is 19.8 Å². The van der Waals surface area contributed by atoms with Gasteiger partial charge in [0.1, 0.15) is 17.8 Å². The Morgan fingerprint density at radius 1 is 1.09 bits per heavy atom. The van der Waals surface area contributed by atoms with Crippen molar-refractivity contribution < 1.29 is 18.9 Å². The number of benzene rings is 2. The van der Waals surface area contributed by atoms with Crippen LogP contribution >= 0.6 is 15.9 Å². The molecule has 3 heterocycles. The summed E-state index contributed by atoms with van der Waals surface area (Å²) in [6, 6.07) is 7.59. The maximum atomic E-state index is 6.10. The lowest BCUT2D eigenvalue weighted by Gasteiger charge is -2.32. The van der Waals surface area contributed by atoms with Gasteiger partial charge in [-0.15, -0.1) is 0 Å². The van der Waals surface area contributed by atoms with E-state index >= 15 is 0 Å². The molecule has 0 saturated carbocycles. The van der Waals surface area contributed by atoms with E-state index in [1.54, 1.807) is 7.11 Å². The Labute approximate surface area is 207 Å². The van der Waals surface area contributed by atoms with Gasteiger partial charge in [-0.05, 0) is 47.6 Å². The number of aromatic nitrogens is 2. The third-order valence-electron chi connectivity index (χ3n) is 6.12. The summed E-state index contributed by atoms with van der Waals surface area (Å²) >= 11 is 3.59. The molecule has 0 atom stereocenters. The van der Waals surface area contributed by atoms with Crippen LogP contribution < -0.4 is 24.3 Å². The fraction of sp³-hybridized carbons (Fsp3) is 0.417. The van der Waals surface area contributed by atoms with E-state index in [1.165, 1.54) is 6.33 Å². The molecule has 2 aromatic carbocycles. The third-order valence-corrected chi connectivity index (χ3v) is 6.79. The molecule has 0 amide bonds. The first-order valence-corrected chi connectivity index (χ1v) is 12.1. The van der Waals surface area contributed by atoms with Crippen LogP contribution in [-0.2, 0) is 0 Å². The quantitative estimate of drug-likeness (QED) is 0.437. The van der Waals surface area contributed by atoms with Gasteiger partial charge in [-0.3, -0.25) is 0 Å². The van der Waals surface area contributed by atoms with Gasteiger partial charge in [0.2, 0.25) is 6.79 Å². The van der Waals surface area contributed by atoms with Gasteiger partial charge >= 0.3 is 0 Å². The highest BCUT2D eigenvalue weighted by Gasteiger charge is 2.22. The van der Waals surface area contributed by atoms with Crippen molar-refractivity contribution in [1.29, 1.82) is 0 Å². The minimum atomic E-state index is 0.189. The van der Waals surface area contributed by atoms with Gasteiger partial charge in [0.15, 0.2) is 23.0 Å². The average molecular weight is 530 g/mol. The Hall–Kier alpha value is -2.82. The Morgan fingerprint density at radius 3 is 2.76 bits per heavy atom. The maximum absolute atomic E-state index is 6.10. The highest BCUT2D eigenvalue weighted by molar-refractivity contribution is 9.10. The molecule has 0 radical (unpaired) electrons. The number of ether oxygens (including phenoxy) is 4. The number of fused-ring (bicyclic) bond motifs is 2. The van der Waals surface area contributed by atoms with E-state index in [1.807, 2.05) is 24.3 Å². The van der Waals surface area contributed by atoms with E-state index in [-0.39, 0.29) is 6.79 Å². The van der Waals surface area contributed by atoms with Gasteiger partial charge in [0, 0.05) is 48.6 Å². The zero-order chi connectivity index (χ0) is 23.5. The molecule has 5 rings (SSSR count). The van der Waals surface area contributed by atoms with Gasteiger partial charge in [-0.1, -0.05) is 0 Å². The first-order chi connectivity index (χ1) is 16.6. The minimum absolute atomic E-state index is 0.189. The number of hydrogen-bond acceptors (Lipinski definition) is 9. The molecule has 34 heavy (non-hydrogen) atoms. The summed E-state index contributed by atoms with van der Waals surface area (Å²) in [7, 11) is 3.81. The molecule has 2 aliphatic rings. The van der Waals surface area contributed by atoms with Crippen molar-refractivity contribution in [3.63, 3.8) is 0 Å². The summed E-state index contributed by atoms with van der Waals surface area (Å²) in [5.41, 5.74) is 1.51. The second-order valence-electron chi connectivity index (χ2n) is 8.37. The Kier molecular flexibility index (Phi) is 6.89. The summed E-state index contributed by atoms with van der Waals surface area (Å²) in [6.07, 6.45) is 2.49. The smallest absolute Gasteiger partial charge is 0.231 e. The molecule has 180 valence electrons. The third kappa shape index (κ3) is 4.84. The van der Waals surface area contributed by atoms with Gasteiger partial charge in [0.25, 0.3) is 0 Å². The summed E-state index contributed by atoms with van der Waals surface area (Å²) in [5, 5.41) is 4.18. The van der Waals surface area contributed by atoms with E-state index in [4.69, 9.17) is 18.9 Å². The van der Waals surface area contributed by atoms with Crippen molar-refractivity contribution in [2.24, 2.45) is 0 Å². The highest BCUT2D eigenvalue weighted by atomic mass is 79.9. The second kappa shape index (κ2) is 10.2. The van der Waals surface area contributed by atoms with Crippen LogP contribution in [0.1, 0.15) is 6.42 Å². The van der Waals surface area contributed by atoms with E-state index in [2.05, 4.69) is 48.1 Å². The second-order valence-corrected chi connectivity index (χ2v) is 9.22. The van der Waals surface area contributed by atoms with E-state index in [0.29, 0.717) is 35.4 Å². The molecule has 1 aromatic heterocycles. The lowest BCUT2D eigenvalue weighted by atomic mass is 10.2. The van der Waals surface area contributed by atoms with Gasteiger partial charge < -0.3 is 34.1 Å². The van der Waals surface area contributed by atoms with Crippen molar-refractivity contribution in [2.75, 3.05) is 65.6 Å². The van der Waals surface area contributed by atoms with Crippen LogP contribution in [-0.4, -0.2) is 80.0 Å². The number of rotatable bonds is 8. The van der Waals surface area contributed by atoms with Crippen molar-refractivity contribution >= 4 is 38.3 Å². The molecular formula is C24H28BrN5O4.